The highest BCUT2D eigenvalue weighted by Crippen LogP contribution is 2.56. The molecule has 1 N–H and O–H groups in total. The molecule has 0 bridgehead atoms. The summed E-state index contributed by atoms with van der Waals surface area (Å²) in [5.74, 6) is 0. The average Bonchev–Trinajstić information content (AvgIpc) is 3.18. The molecule has 0 aromatic carbocycles. The van der Waals surface area contributed by atoms with Gasteiger partial charge in [0.15, 0.2) is 0 Å². The van der Waals surface area contributed by atoms with Gasteiger partial charge in [-0.1, -0.05) is 41.7 Å². The van der Waals surface area contributed by atoms with Crippen molar-refractivity contribution in [3.05, 3.63) is 11.4 Å². The van der Waals surface area contributed by atoms with Crippen molar-refractivity contribution < 1.29 is 34.3 Å². The lowest BCUT2D eigenvalue weighted by Crippen LogP contribution is -2.37. The second-order valence-corrected chi connectivity index (χ2v) is 12.2. The van der Waals surface area contributed by atoms with E-state index in [1.807, 2.05) is 13.8 Å². The van der Waals surface area contributed by atoms with Crippen LogP contribution in [0.1, 0.15) is 34.5 Å². The Morgan fingerprint density at radius 2 is 2.17 bits per heavy atom. The molecule has 174 valence electrons. The maximum absolute atomic E-state index is 9.95. The highest BCUT2D eigenvalue weighted by atomic mass is 35.6. The molecule has 8 nitrogen and oxygen atoms in total. The molecule has 30 heavy (non-hydrogen) atoms. The summed E-state index contributed by atoms with van der Waals surface area (Å²) in [6.45, 7) is 6.26. The van der Waals surface area contributed by atoms with Crippen LogP contribution in [0.5, 0.6) is 0 Å². The third-order valence-electron chi connectivity index (χ3n) is 4.45. The SMILES string of the molecule is [3H]C1CC(O)[C@@H](COC(OP(=S)(OCC[N+]#[C-])OC2C[C@H](C)O[C@@H]2CC)C(Cl)(Cl)Cl)O1. The fraction of sp³-hybridized carbons (Fsp3) is 0.941. The monoisotopic (exact) mass is 527 g/mol. The largest absolute Gasteiger partial charge is 0.390 e. The summed E-state index contributed by atoms with van der Waals surface area (Å²) >= 11 is 23.7. The van der Waals surface area contributed by atoms with Crippen LogP contribution in [0.15, 0.2) is 0 Å². The van der Waals surface area contributed by atoms with E-state index in [2.05, 4.69) is 4.85 Å². The van der Waals surface area contributed by atoms with E-state index in [1.54, 1.807) is 0 Å². The first-order valence-corrected chi connectivity index (χ1v) is 13.2. The Morgan fingerprint density at radius 3 is 2.73 bits per heavy atom. The Bertz CT molecular complexity index is 671. The fourth-order valence-corrected chi connectivity index (χ4v) is 5.78. The lowest BCUT2D eigenvalue weighted by molar-refractivity contribution is -0.125. The molecule has 0 aliphatic carbocycles. The van der Waals surface area contributed by atoms with E-state index in [-0.39, 0.29) is 44.5 Å². The van der Waals surface area contributed by atoms with Crippen molar-refractivity contribution >= 4 is 53.3 Å². The van der Waals surface area contributed by atoms with Gasteiger partial charge in [0.05, 0.1) is 32.4 Å². The van der Waals surface area contributed by atoms with Crippen LogP contribution in [0, 0.1) is 6.57 Å². The second kappa shape index (κ2) is 12.3. The van der Waals surface area contributed by atoms with E-state index in [0.29, 0.717) is 12.8 Å². The van der Waals surface area contributed by atoms with E-state index in [9.17, 15) is 5.11 Å². The van der Waals surface area contributed by atoms with Gasteiger partial charge in [-0.05, 0) is 31.6 Å². The zero-order valence-electron chi connectivity index (χ0n) is 17.6. The summed E-state index contributed by atoms with van der Waals surface area (Å²) in [7, 11) is 0. The van der Waals surface area contributed by atoms with Gasteiger partial charge in [-0.25, -0.2) is 6.57 Å². The van der Waals surface area contributed by atoms with E-state index in [1.165, 1.54) is 0 Å². The van der Waals surface area contributed by atoms with E-state index >= 15 is 0 Å². The van der Waals surface area contributed by atoms with Crippen molar-refractivity contribution in [3.8, 4) is 0 Å². The van der Waals surface area contributed by atoms with Gasteiger partial charge in [-0.15, -0.1) is 0 Å². The van der Waals surface area contributed by atoms with Crippen LogP contribution in [0.3, 0.4) is 0 Å². The van der Waals surface area contributed by atoms with Crippen molar-refractivity contribution in [2.45, 2.75) is 73.7 Å². The van der Waals surface area contributed by atoms with Crippen LogP contribution in [0.25, 0.3) is 4.85 Å². The van der Waals surface area contributed by atoms with E-state index in [0.717, 1.165) is 0 Å². The van der Waals surface area contributed by atoms with Gasteiger partial charge >= 0.3 is 6.72 Å². The maximum Gasteiger partial charge on any atom is 0.330 e. The quantitative estimate of drug-likeness (QED) is 0.142. The molecular weight excluding hydrogens is 500 g/mol. The molecule has 2 heterocycles. The molecule has 0 saturated carbocycles. The van der Waals surface area contributed by atoms with Crippen LogP contribution in [-0.4, -0.2) is 72.1 Å². The van der Waals surface area contributed by atoms with Crippen molar-refractivity contribution in [1.82, 2.24) is 0 Å². The van der Waals surface area contributed by atoms with E-state index in [4.69, 9.17) is 82.3 Å². The predicted octanol–water partition coefficient (Wildman–Crippen LogP) is 4.00. The van der Waals surface area contributed by atoms with Gasteiger partial charge in [0.2, 0.25) is 16.6 Å². The molecule has 2 rings (SSSR count). The molecule has 2 fully saturated rings. The minimum Gasteiger partial charge on any atom is -0.390 e. The first-order chi connectivity index (χ1) is 14.5. The summed E-state index contributed by atoms with van der Waals surface area (Å²) < 4.78 is 39.6. The van der Waals surface area contributed by atoms with Gasteiger partial charge in [0.1, 0.15) is 12.7 Å². The molecular formula is C17H27Cl3NO7PS. The van der Waals surface area contributed by atoms with Crippen LogP contribution in [0.4, 0.5) is 0 Å². The number of nitrogens with zero attached hydrogens (tertiary/aromatic N) is 1. The molecule has 0 radical (unpaired) electrons. The Hall–Kier alpha value is 0.730. The highest BCUT2D eigenvalue weighted by molar-refractivity contribution is 8.07. The number of hydrogen-bond donors (Lipinski definition) is 1. The number of halogens is 3. The van der Waals surface area contributed by atoms with Gasteiger partial charge in [0, 0.05) is 13.0 Å². The highest BCUT2D eigenvalue weighted by Gasteiger charge is 2.44. The van der Waals surface area contributed by atoms with Crippen molar-refractivity contribution in [2.75, 3.05) is 26.3 Å². The minimum atomic E-state index is -3.53. The summed E-state index contributed by atoms with van der Waals surface area (Å²) in [4.78, 5) is 3.23. The van der Waals surface area contributed by atoms with Gasteiger partial charge in [0.25, 0.3) is 0 Å². The summed E-state index contributed by atoms with van der Waals surface area (Å²) in [6.07, 6.45) is -2.37. The molecule has 5 unspecified atom stereocenters. The molecule has 0 amide bonds. The molecule has 2 aliphatic rings. The molecule has 2 saturated heterocycles. The Balaban J connectivity index is 2.11. The number of rotatable bonds is 11. The third kappa shape index (κ3) is 8.26. The van der Waals surface area contributed by atoms with E-state index < -0.39 is 35.6 Å². The van der Waals surface area contributed by atoms with Gasteiger partial charge in [-0.2, -0.15) is 0 Å². The first-order valence-electron chi connectivity index (χ1n) is 10.1. The van der Waals surface area contributed by atoms with Crippen LogP contribution < -0.4 is 0 Å². The van der Waals surface area contributed by atoms with Crippen molar-refractivity contribution in [3.63, 3.8) is 0 Å². The standard InChI is InChI=1S/C17H27Cl3NO7PS/c1-4-13-14(9-11(2)26-13)27-29(30,25-8-6-21-3)28-16(17(18,19)20)24-10-15-12(22)5-7-23-15/h11-16,22H,4-10H2,1-2H3/t11-,12?,13+,14?,15+,16?,29?/m0/s1/i7T/t7?,11-,12?,13+,14?,15+,16?,29?. The predicted molar refractivity (Wildman–Crippen MR) is 117 cm³/mol. The number of ether oxygens (including phenoxy) is 3. The fourth-order valence-electron chi connectivity index (χ4n) is 3.00. The number of hydrogen-bond acceptors (Lipinski definition) is 8. The van der Waals surface area contributed by atoms with Crippen LogP contribution >= 0.6 is 41.5 Å². The topological polar surface area (TPSA) is 80.0 Å². The Morgan fingerprint density at radius 1 is 1.43 bits per heavy atom. The van der Waals surface area contributed by atoms with Crippen molar-refractivity contribution in [1.29, 1.82) is 0 Å². The maximum atomic E-state index is 9.95. The molecule has 0 aromatic rings. The zero-order valence-corrected chi connectivity index (χ0v) is 20.6. The second-order valence-electron chi connectivity index (χ2n) is 6.89. The van der Waals surface area contributed by atoms with Gasteiger partial charge < -0.3 is 33.2 Å². The third-order valence-corrected chi connectivity index (χ3v) is 7.29. The first kappa shape index (κ1) is 25.4. The number of aliphatic hydroxyl groups excluding tert-OH is 1. The molecule has 8 atom stereocenters. The van der Waals surface area contributed by atoms with Crippen LogP contribution in [-0.2, 0) is 39.6 Å². The molecule has 0 spiro atoms. The average molecular weight is 529 g/mol. The van der Waals surface area contributed by atoms with Crippen molar-refractivity contribution in [2.24, 2.45) is 0 Å². The zero-order chi connectivity index (χ0) is 23.2. The normalized spacial score (nSPS) is 35.6. The summed E-state index contributed by atoms with van der Waals surface area (Å²) in [5.41, 5.74) is 0. The molecule has 2 aliphatic heterocycles. The minimum absolute atomic E-state index is 0.0271. The van der Waals surface area contributed by atoms with Gasteiger partial charge in [-0.3, -0.25) is 4.52 Å². The number of alkyl halides is 3. The smallest absolute Gasteiger partial charge is 0.330 e. The summed E-state index contributed by atoms with van der Waals surface area (Å²) in [5, 5.41) is 9.95. The lowest BCUT2D eigenvalue weighted by Gasteiger charge is -2.32. The number of aliphatic hydroxyl groups is 1. The summed E-state index contributed by atoms with van der Waals surface area (Å²) in [6, 6.07) is 0. The lowest BCUT2D eigenvalue weighted by atomic mass is 10.1. The Kier molecular flexibility index (Phi) is 10.4. The molecule has 13 heteroatoms. The molecule has 0 aromatic heterocycles. The Labute approximate surface area is 198 Å². The van der Waals surface area contributed by atoms with Crippen LogP contribution in [0.2, 0.25) is 0 Å².